The van der Waals surface area contributed by atoms with Gasteiger partial charge >= 0.3 is 0 Å². The number of hydrogen-bond acceptors (Lipinski definition) is 7. The molecule has 2 unspecified atom stereocenters. The van der Waals surface area contributed by atoms with Crippen LogP contribution in [0.5, 0.6) is 0 Å². The Morgan fingerprint density at radius 1 is 1.43 bits per heavy atom. The van der Waals surface area contributed by atoms with Crippen LogP contribution in [0.25, 0.3) is 0 Å². The molecule has 4 N–H and O–H groups in total. The summed E-state index contributed by atoms with van der Waals surface area (Å²) >= 11 is 0. The van der Waals surface area contributed by atoms with Crippen LogP contribution < -0.4 is 16.6 Å². The van der Waals surface area contributed by atoms with Gasteiger partial charge in [0.2, 0.25) is 0 Å². The van der Waals surface area contributed by atoms with Crippen LogP contribution in [0.4, 0.5) is 11.6 Å². The van der Waals surface area contributed by atoms with E-state index in [9.17, 15) is 0 Å². The minimum Gasteiger partial charge on any atom is -0.374 e. The number of rotatable bonds is 6. The maximum atomic E-state index is 5.48. The Kier molecular flexibility index (Phi) is 5.72. The molecule has 0 aromatic carbocycles. The monoisotopic (exact) mass is 294 g/mol. The number of ether oxygens (including phenoxy) is 1. The zero-order valence-corrected chi connectivity index (χ0v) is 13.1. The molecule has 1 aromatic heterocycles. The zero-order chi connectivity index (χ0) is 15.2. The molecule has 1 fully saturated rings. The number of likely N-dealkylation sites (tertiary alicyclic amines) is 1. The number of anilines is 2. The largest absolute Gasteiger partial charge is 0.374 e. The van der Waals surface area contributed by atoms with Crippen LogP contribution in [-0.4, -0.2) is 47.7 Å². The van der Waals surface area contributed by atoms with E-state index in [0.29, 0.717) is 36.8 Å². The summed E-state index contributed by atoms with van der Waals surface area (Å²) in [5.41, 5.74) is 2.58. The highest BCUT2D eigenvalue weighted by molar-refractivity contribution is 5.47. The predicted molar refractivity (Wildman–Crippen MR) is 83.9 cm³/mol. The summed E-state index contributed by atoms with van der Waals surface area (Å²) in [4.78, 5) is 11.2. The van der Waals surface area contributed by atoms with Crippen molar-refractivity contribution in [1.82, 2.24) is 14.9 Å². The summed E-state index contributed by atoms with van der Waals surface area (Å²) in [7, 11) is 2.16. The molecule has 1 aromatic rings. The third kappa shape index (κ3) is 4.52. The molecule has 0 spiro atoms. The second-order valence-corrected chi connectivity index (χ2v) is 5.62. The average molecular weight is 294 g/mol. The van der Waals surface area contributed by atoms with Crippen LogP contribution in [0.15, 0.2) is 6.07 Å². The Balaban J connectivity index is 2.07. The van der Waals surface area contributed by atoms with Crippen LogP contribution in [0.3, 0.4) is 0 Å². The van der Waals surface area contributed by atoms with Crippen molar-refractivity contribution in [3.05, 3.63) is 11.9 Å². The quantitative estimate of drug-likeness (QED) is 0.534. The van der Waals surface area contributed by atoms with Gasteiger partial charge in [0.1, 0.15) is 18.2 Å². The molecule has 1 saturated heterocycles. The molecule has 7 nitrogen and oxygen atoms in total. The molecular formula is C14H26N6O. The van der Waals surface area contributed by atoms with Gasteiger partial charge in [0, 0.05) is 25.3 Å². The van der Waals surface area contributed by atoms with Crippen molar-refractivity contribution in [2.75, 3.05) is 37.5 Å². The highest BCUT2D eigenvalue weighted by atomic mass is 16.5. The van der Waals surface area contributed by atoms with Gasteiger partial charge in [0.25, 0.3) is 0 Å². The Morgan fingerprint density at radius 3 is 2.86 bits per heavy atom. The van der Waals surface area contributed by atoms with E-state index in [2.05, 4.69) is 39.6 Å². The highest BCUT2D eigenvalue weighted by Crippen LogP contribution is 2.20. The second kappa shape index (κ2) is 7.53. The summed E-state index contributed by atoms with van der Waals surface area (Å²) in [5, 5.41) is 3.51. The van der Waals surface area contributed by atoms with Gasteiger partial charge < -0.3 is 20.4 Å². The van der Waals surface area contributed by atoms with E-state index in [1.807, 2.05) is 13.0 Å². The smallest absolute Gasteiger partial charge is 0.158 e. The van der Waals surface area contributed by atoms with Crippen molar-refractivity contribution in [3.63, 3.8) is 0 Å². The van der Waals surface area contributed by atoms with Crippen molar-refractivity contribution in [2.24, 2.45) is 11.8 Å². The van der Waals surface area contributed by atoms with Crippen LogP contribution in [-0.2, 0) is 11.3 Å². The van der Waals surface area contributed by atoms with Crippen LogP contribution in [0, 0.1) is 5.92 Å². The van der Waals surface area contributed by atoms with Crippen molar-refractivity contribution < 1.29 is 4.74 Å². The van der Waals surface area contributed by atoms with E-state index in [0.717, 1.165) is 25.3 Å². The van der Waals surface area contributed by atoms with Gasteiger partial charge in [-0.1, -0.05) is 6.92 Å². The number of nitrogens with one attached hydrogen (secondary N) is 2. The molecule has 2 rings (SSSR count). The topological polar surface area (TPSA) is 88.3 Å². The maximum Gasteiger partial charge on any atom is 0.158 e. The van der Waals surface area contributed by atoms with E-state index in [1.165, 1.54) is 0 Å². The lowest BCUT2D eigenvalue weighted by Crippen LogP contribution is -2.43. The molecule has 0 saturated carbocycles. The first-order valence-corrected chi connectivity index (χ1v) is 7.49. The summed E-state index contributed by atoms with van der Waals surface area (Å²) in [6, 6.07) is 2.25. The van der Waals surface area contributed by atoms with Gasteiger partial charge in [-0.15, -0.1) is 0 Å². The molecule has 0 radical (unpaired) electrons. The third-order valence-corrected chi connectivity index (χ3v) is 3.80. The molecule has 1 aliphatic rings. The highest BCUT2D eigenvalue weighted by Gasteiger charge is 2.24. The summed E-state index contributed by atoms with van der Waals surface area (Å²) in [6.07, 6.45) is 1.11. The molecular weight excluding hydrogens is 268 g/mol. The Bertz CT molecular complexity index is 455. The number of nitrogen functional groups attached to an aromatic ring is 1. The molecule has 118 valence electrons. The molecule has 21 heavy (non-hydrogen) atoms. The normalized spacial score (nSPS) is 23.0. The van der Waals surface area contributed by atoms with E-state index < -0.39 is 0 Å². The number of hydrogen-bond donors (Lipinski definition) is 3. The maximum absolute atomic E-state index is 5.48. The van der Waals surface area contributed by atoms with Gasteiger partial charge in [0.05, 0.1) is 0 Å². The fourth-order valence-electron chi connectivity index (χ4n) is 2.66. The first-order chi connectivity index (χ1) is 10.1. The standard InChI is InChI=1S/C14H26N6O/c1-4-21-9-14-17-12(7-13(18-14)19-15)16-11-5-6-20(3)8-10(11)2/h7,10-11H,4-6,8-9,15H2,1-3H3,(H2,16,17,18,19). The van der Waals surface area contributed by atoms with Gasteiger partial charge in [-0.05, 0) is 32.9 Å². The predicted octanol–water partition coefficient (Wildman–Crippen LogP) is 1.05. The first kappa shape index (κ1) is 15.9. The Hall–Kier alpha value is -1.44. The fraction of sp³-hybridized carbons (Fsp3) is 0.714. The number of hydrazine groups is 1. The number of nitrogens with two attached hydrogens (primary N) is 1. The van der Waals surface area contributed by atoms with Gasteiger partial charge in [0.15, 0.2) is 5.82 Å². The van der Waals surface area contributed by atoms with Crippen molar-refractivity contribution in [2.45, 2.75) is 32.9 Å². The fourth-order valence-corrected chi connectivity index (χ4v) is 2.66. The molecule has 2 heterocycles. The van der Waals surface area contributed by atoms with Crippen LogP contribution in [0.2, 0.25) is 0 Å². The van der Waals surface area contributed by atoms with Crippen LogP contribution >= 0.6 is 0 Å². The first-order valence-electron chi connectivity index (χ1n) is 7.49. The van der Waals surface area contributed by atoms with Crippen molar-refractivity contribution >= 4 is 11.6 Å². The van der Waals surface area contributed by atoms with E-state index in [1.54, 1.807) is 0 Å². The Morgan fingerprint density at radius 2 is 2.19 bits per heavy atom. The lowest BCUT2D eigenvalue weighted by atomic mass is 9.94. The number of nitrogens with zero attached hydrogens (tertiary/aromatic N) is 3. The lowest BCUT2D eigenvalue weighted by Gasteiger charge is -2.35. The van der Waals surface area contributed by atoms with E-state index in [-0.39, 0.29) is 0 Å². The van der Waals surface area contributed by atoms with Crippen LogP contribution in [0.1, 0.15) is 26.1 Å². The van der Waals surface area contributed by atoms with Gasteiger partial charge in [-0.25, -0.2) is 15.8 Å². The zero-order valence-electron chi connectivity index (χ0n) is 13.1. The van der Waals surface area contributed by atoms with E-state index >= 15 is 0 Å². The molecule has 0 aliphatic carbocycles. The average Bonchev–Trinajstić information content (AvgIpc) is 2.48. The second-order valence-electron chi connectivity index (χ2n) is 5.62. The number of aromatic nitrogens is 2. The molecule has 0 amide bonds. The van der Waals surface area contributed by atoms with Gasteiger partial charge in [-0.2, -0.15) is 0 Å². The van der Waals surface area contributed by atoms with E-state index in [4.69, 9.17) is 10.6 Å². The van der Waals surface area contributed by atoms with Crippen molar-refractivity contribution in [3.8, 4) is 0 Å². The Labute approximate surface area is 126 Å². The van der Waals surface area contributed by atoms with Gasteiger partial charge in [-0.3, -0.25) is 0 Å². The summed E-state index contributed by atoms with van der Waals surface area (Å²) in [6.45, 7) is 7.43. The minimum atomic E-state index is 0.393. The SMILES string of the molecule is CCOCc1nc(NN)cc(NC2CCN(C)CC2C)n1. The third-order valence-electron chi connectivity index (χ3n) is 3.80. The lowest BCUT2D eigenvalue weighted by molar-refractivity contribution is 0.128. The number of piperidine rings is 1. The summed E-state index contributed by atoms with van der Waals surface area (Å²) < 4.78 is 5.37. The molecule has 1 aliphatic heterocycles. The molecule has 7 heteroatoms. The minimum absolute atomic E-state index is 0.393. The molecule has 0 bridgehead atoms. The molecule has 2 atom stereocenters. The summed E-state index contributed by atoms with van der Waals surface area (Å²) in [5.74, 6) is 8.09. The van der Waals surface area contributed by atoms with Crippen molar-refractivity contribution in [1.29, 1.82) is 0 Å².